The summed E-state index contributed by atoms with van der Waals surface area (Å²) in [4.78, 5) is 4.04. The van der Waals surface area contributed by atoms with Crippen molar-refractivity contribution in [3.8, 4) is 5.75 Å². The summed E-state index contributed by atoms with van der Waals surface area (Å²) < 4.78 is 6.12. The summed E-state index contributed by atoms with van der Waals surface area (Å²) in [5.41, 5.74) is 1.84. The Kier molecular flexibility index (Phi) is 4.33. The van der Waals surface area contributed by atoms with Gasteiger partial charge in [0.1, 0.15) is 5.75 Å². The van der Waals surface area contributed by atoms with E-state index in [2.05, 4.69) is 20.9 Å². The van der Waals surface area contributed by atoms with Crippen molar-refractivity contribution in [1.29, 1.82) is 0 Å². The van der Waals surface area contributed by atoms with Gasteiger partial charge >= 0.3 is 0 Å². The second-order valence-corrected chi connectivity index (χ2v) is 4.92. The zero-order valence-electron chi connectivity index (χ0n) is 10.0. The summed E-state index contributed by atoms with van der Waals surface area (Å²) in [7, 11) is 1.59. The quantitative estimate of drug-likeness (QED) is 0.943. The van der Waals surface area contributed by atoms with Crippen LogP contribution in [0.4, 0.5) is 0 Å². The number of hydrogen-bond donors (Lipinski definition) is 1. The molecule has 0 aliphatic carbocycles. The third kappa shape index (κ3) is 3.31. The van der Waals surface area contributed by atoms with E-state index in [1.54, 1.807) is 25.6 Å². The maximum absolute atomic E-state index is 10.2. The van der Waals surface area contributed by atoms with Crippen LogP contribution in [0.15, 0.2) is 47.2 Å². The molecule has 1 aromatic heterocycles. The Balaban J connectivity index is 2.11. The molecule has 1 N–H and O–H groups in total. The van der Waals surface area contributed by atoms with Gasteiger partial charge in [-0.2, -0.15) is 0 Å². The first kappa shape index (κ1) is 13.1. The predicted molar refractivity (Wildman–Crippen MR) is 73.6 cm³/mol. The molecule has 2 rings (SSSR count). The molecule has 3 nitrogen and oxygen atoms in total. The van der Waals surface area contributed by atoms with Gasteiger partial charge in [0.05, 0.1) is 19.4 Å². The first-order valence-corrected chi connectivity index (χ1v) is 6.40. The number of pyridine rings is 1. The fourth-order valence-electron chi connectivity index (χ4n) is 1.69. The first-order valence-electron chi connectivity index (χ1n) is 5.60. The van der Waals surface area contributed by atoms with Gasteiger partial charge in [0.2, 0.25) is 0 Å². The van der Waals surface area contributed by atoms with Crippen molar-refractivity contribution in [2.24, 2.45) is 0 Å². The monoisotopic (exact) mass is 307 g/mol. The molecule has 0 bridgehead atoms. The minimum atomic E-state index is -0.575. The fourth-order valence-corrected chi connectivity index (χ4v) is 1.96. The maximum Gasteiger partial charge on any atom is 0.137 e. The Morgan fingerprint density at radius 1 is 1.28 bits per heavy atom. The van der Waals surface area contributed by atoms with Gasteiger partial charge in [-0.25, -0.2) is 0 Å². The van der Waals surface area contributed by atoms with Crippen LogP contribution in [0.3, 0.4) is 0 Å². The minimum Gasteiger partial charge on any atom is -0.495 e. The SMILES string of the molecule is COc1cncc(C(O)Cc2ccc(Br)cc2)c1. The second-order valence-electron chi connectivity index (χ2n) is 4.00. The van der Waals surface area contributed by atoms with Gasteiger partial charge in [-0.3, -0.25) is 4.98 Å². The molecule has 0 fully saturated rings. The molecule has 94 valence electrons. The average Bonchev–Trinajstić information content (AvgIpc) is 2.41. The van der Waals surface area contributed by atoms with Gasteiger partial charge in [-0.05, 0) is 23.8 Å². The largest absolute Gasteiger partial charge is 0.495 e. The van der Waals surface area contributed by atoms with Crippen LogP contribution in [-0.2, 0) is 6.42 Å². The molecule has 18 heavy (non-hydrogen) atoms. The lowest BCUT2D eigenvalue weighted by molar-refractivity contribution is 0.177. The molecular formula is C14H14BrNO2. The lowest BCUT2D eigenvalue weighted by atomic mass is 10.0. The Labute approximate surface area is 115 Å². The van der Waals surface area contributed by atoms with Crippen molar-refractivity contribution in [2.45, 2.75) is 12.5 Å². The number of hydrogen-bond acceptors (Lipinski definition) is 3. The van der Waals surface area contributed by atoms with E-state index in [1.165, 1.54) is 0 Å². The highest BCUT2D eigenvalue weighted by molar-refractivity contribution is 9.10. The van der Waals surface area contributed by atoms with E-state index >= 15 is 0 Å². The molecule has 1 aromatic carbocycles. The van der Waals surface area contributed by atoms with E-state index < -0.39 is 6.10 Å². The molecular weight excluding hydrogens is 294 g/mol. The van der Waals surface area contributed by atoms with Crippen LogP contribution in [0.2, 0.25) is 0 Å². The minimum absolute atomic E-state index is 0.558. The number of nitrogens with zero attached hydrogens (tertiary/aromatic N) is 1. The Morgan fingerprint density at radius 3 is 2.67 bits per heavy atom. The molecule has 0 radical (unpaired) electrons. The van der Waals surface area contributed by atoms with Crippen LogP contribution in [0.1, 0.15) is 17.2 Å². The number of ether oxygens (including phenoxy) is 1. The molecule has 0 amide bonds. The van der Waals surface area contributed by atoms with Crippen molar-refractivity contribution in [1.82, 2.24) is 4.98 Å². The summed E-state index contributed by atoms with van der Waals surface area (Å²) in [6, 6.07) is 9.70. The molecule has 0 spiro atoms. The first-order chi connectivity index (χ1) is 8.69. The van der Waals surface area contributed by atoms with Crippen molar-refractivity contribution in [3.05, 3.63) is 58.3 Å². The van der Waals surface area contributed by atoms with E-state index in [4.69, 9.17) is 4.74 Å². The van der Waals surface area contributed by atoms with Crippen LogP contribution in [0.25, 0.3) is 0 Å². The van der Waals surface area contributed by atoms with Gasteiger partial charge in [-0.1, -0.05) is 28.1 Å². The number of aromatic nitrogens is 1. The van der Waals surface area contributed by atoms with Crippen molar-refractivity contribution in [2.75, 3.05) is 7.11 Å². The zero-order valence-corrected chi connectivity index (χ0v) is 11.6. The maximum atomic E-state index is 10.2. The van der Waals surface area contributed by atoms with Gasteiger partial charge in [0.15, 0.2) is 0 Å². The van der Waals surface area contributed by atoms with Gasteiger partial charge in [-0.15, -0.1) is 0 Å². The number of rotatable bonds is 4. The number of benzene rings is 1. The summed E-state index contributed by atoms with van der Waals surface area (Å²) in [6.07, 6.45) is 3.26. The Hall–Kier alpha value is -1.39. The van der Waals surface area contributed by atoms with Gasteiger partial charge in [0, 0.05) is 22.7 Å². The van der Waals surface area contributed by atoms with E-state index in [0.29, 0.717) is 12.2 Å². The molecule has 0 saturated heterocycles. The predicted octanol–water partition coefficient (Wildman–Crippen LogP) is 3.13. The standard InChI is InChI=1S/C14H14BrNO2/c1-18-13-7-11(8-16-9-13)14(17)6-10-2-4-12(15)5-3-10/h2-5,7-9,14,17H,6H2,1H3. The molecule has 2 aromatic rings. The second kappa shape index (κ2) is 5.98. The summed E-state index contributed by atoms with van der Waals surface area (Å²) in [5, 5.41) is 10.2. The van der Waals surface area contributed by atoms with Crippen molar-refractivity contribution >= 4 is 15.9 Å². The van der Waals surface area contributed by atoms with E-state index in [0.717, 1.165) is 15.6 Å². The Bertz CT molecular complexity index is 513. The smallest absolute Gasteiger partial charge is 0.137 e. The molecule has 1 atom stereocenters. The molecule has 0 aliphatic rings. The molecule has 0 saturated carbocycles. The van der Waals surface area contributed by atoms with Gasteiger partial charge < -0.3 is 9.84 Å². The van der Waals surface area contributed by atoms with Crippen molar-refractivity contribution in [3.63, 3.8) is 0 Å². The highest BCUT2D eigenvalue weighted by Gasteiger charge is 2.10. The van der Waals surface area contributed by atoms with Gasteiger partial charge in [0.25, 0.3) is 0 Å². The van der Waals surface area contributed by atoms with Crippen LogP contribution in [0.5, 0.6) is 5.75 Å². The summed E-state index contributed by atoms with van der Waals surface area (Å²) in [6.45, 7) is 0. The third-order valence-corrected chi connectivity index (χ3v) is 3.23. The number of aliphatic hydroxyl groups excluding tert-OH is 1. The summed E-state index contributed by atoms with van der Waals surface area (Å²) >= 11 is 3.39. The topological polar surface area (TPSA) is 42.4 Å². The van der Waals surface area contributed by atoms with Crippen LogP contribution >= 0.6 is 15.9 Å². The lowest BCUT2D eigenvalue weighted by Crippen LogP contribution is -2.02. The zero-order chi connectivity index (χ0) is 13.0. The number of halogens is 1. The van der Waals surface area contributed by atoms with Crippen LogP contribution in [-0.4, -0.2) is 17.2 Å². The highest BCUT2D eigenvalue weighted by atomic mass is 79.9. The lowest BCUT2D eigenvalue weighted by Gasteiger charge is -2.11. The van der Waals surface area contributed by atoms with Crippen LogP contribution in [0, 0.1) is 0 Å². The number of aliphatic hydroxyl groups is 1. The Morgan fingerprint density at radius 2 is 2.00 bits per heavy atom. The van der Waals surface area contributed by atoms with Crippen molar-refractivity contribution < 1.29 is 9.84 Å². The third-order valence-electron chi connectivity index (χ3n) is 2.70. The molecule has 1 heterocycles. The number of methoxy groups -OCH3 is 1. The molecule has 4 heteroatoms. The average molecular weight is 308 g/mol. The van der Waals surface area contributed by atoms with E-state index in [1.807, 2.05) is 24.3 Å². The van der Waals surface area contributed by atoms with E-state index in [-0.39, 0.29) is 0 Å². The molecule has 1 unspecified atom stereocenters. The summed E-state index contributed by atoms with van der Waals surface area (Å²) in [5.74, 6) is 0.655. The molecule has 0 aliphatic heterocycles. The van der Waals surface area contributed by atoms with Crippen LogP contribution < -0.4 is 4.74 Å². The van der Waals surface area contributed by atoms with E-state index in [9.17, 15) is 5.11 Å². The highest BCUT2D eigenvalue weighted by Crippen LogP contribution is 2.22. The normalized spacial score (nSPS) is 12.2. The fraction of sp³-hybridized carbons (Fsp3) is 0.214.